The van der Waals surface area contributed by atoms with E-state index in [1.165, 1.54) is 12.7 Å². The Bertz CT molecular complexity index is 894. The molecule has 12 heteroatoms. The molecular weight excluding hydrogens is 435 g/mol. The molecule has 2 aromatic heterocycles. The van der Waals surface area contributed by atoms with Crippen LogP contribution < -0.4 is 0 Å². The number of aliphatic carboxylic acids is 1. The average molecular weight is 457 g/mol. The Morgan fingerprint density at radius 1 is 1.31 bits per heavy atom. The average Bonchev–Trinajstić information content (AvgIpc) is 3.43. The van der Waals surface area contributed by atoms with Crippen molar-refractivity contribution in [3.05, 3.63) is 48.4 Å². The molecule has 4 rings (SSSR count). The number of carbonyl (C=O) groups excluding carboxylic acids is 1. The zero-order valence-corrected chi connectivity index (χ0v) is 17.0. The van der Waals surface area contributed by atoms with Gasteiger partial charge in [0.15, 0.2) is 12.1 Å². The quantitative estimate of drug-likeness (QED) is 0.729. The van der Waals surface area contributed by atoms with Gasteiger partial charge in [-0.3, -0.25) is 9.78 Å². The molecule has 2 fully saturated rings. The number of nitrogens with zero attached hydrogens (tertiary/aromatic N) is 3. The zero-order valence-electron chi connectivity index (χ0n) is 17.0. The Balaban J connectivity index is 0.000000360. The fraction of sp³-hybridized carbons (Fsp3) is 0.500. The largest absolute Gasteiger partial charge is 0.490 e. The SMILES string of the molecule is O=C(O)C(F)(F)F.O=C(c1cocn1)N1CC[C@H]2OCC[C@@]2(COCc2ccncc2)C1. The van der Waals surface area contributed by atoms with Crippen LogP contribution in [0.4, 0.5) is 13.2 Å². The molecule has 2 saturated heterocycles. The summed E-state index contributed by atoms with van der Waals surface area (Å²) in [5.74, 6) is -2.85. The fourth-order valence-electron chi connectivity index (χ4n) is 3.76. The molecule has 1 amide bonds. The molecule has 2 aliphatic heterocycles. The summed E-state index contributed by atoms with van der Waals surface area (Å²) in [5.41, 5.74) is 1.29. The third-order valence-corrected chi connectivity index (χ3v) is 5.36. The van der Waals surface area contributed by atoms with Gasteiger partial charge in [-0.05, 0) is 30.5 Å². The van der Waals surface area contributed by atoms with Gasteiger partial charge < -0.3 is 23.9 Å². The fourth-order valence-corrected chi connectivity index (χ4v) is 3.76. The number of oxazole rings is 1. The number of hydrogen-bond acceptors (Lipinski definition) is 7. The van der Waals surface area contributed by atoms with Gasteiger partial charge in [-0.25, -0.2) is 9.78 Å². The van der Waals surface area contributed by atoms with Crippen LogP contribution in [-0.4, -0.2) is 70.4 Å². The molecular formula is C20H22F3N3O6. The molecule has 0 unspecified atom stereocenters. The van der Waals surface area contributed by atoms with Crippen LogP contribution in [0.3, 0.4) is 0 Å². The van der Waals surface area contributed by atoms with Gasteiger partial charge >= 0.3 is 12.1 Å². The van der Waals surface area contributed by atoms with Crippen LogP contribution in [0.5, 0.6) is 0 Å². The first-order chi connectivity index (χ1) is 15.2. The predicted octanol–water partition coefficient (Wildman–Crippen LogP) is 2.54. The molecule has 0 aliphatic carbocycles. The van der Waals surface area contributed by atoms with E-state index in [0.29, 0.717) is 32.0 Å². The highest BCUT2D eigenvalue weighted by Crippen LogP contribution is 2.41. The molecule has 2 aliphatic rings. The minimum atomic E-state index is -5.08. The maximum atomic E-state index is 12.6. The van der Waals surface area contributed by atoms with Crippen molar-refractivity contribution in [3.63, 3.8) is 0 Å². The standard InChI is InChI=1S/C18H21N3O4.C2HF3O2/c22-17(15-10-24-13-20-15)21-7-3-16-18(11-21,4-8-25-16)12-23-9-14-1-5-19-6-2-14;3-2(4,5)1(6)7/h1-2,5-6,10,13,16H,3-4,7-9,11-12H2;(H,6,7)/t16-,18+;/m1./s1. The molecule has 0 aromatic carbocycles. The van der Waals surface area contributed by atoms with Crippen molar-refractivity contribution in [2.45, 2.75) is 31.7 Å². The predicted molar refractivity (Wildman–Crippen MR) is 101 cm³/mol. The number of carboxylic acid groups (broad SMARTS) is 1. The van der Waals surface area contributed by atoms with Crippen molar-refractivity contribution in [3.8, 4) is 0 Å². The molecule has 2 aromatic rings. The van der Waals surface area contributed by atoms with Crippen molar-refractivity contribution < 1.29 is 41.8 Å². The molecule has 0 spiro atoms. The lowest BCUT2D eigenvalue weighted by molar-refractivity contribution is -0.192. The number of hydrogen-bond donors (Lipinski definition) is 1. The summed E-state index contributed by atoms with van der Waals surface area (Å²) in [4.78, 5) is 31.3. The molecule has 4 heterocycles. The van der Waals surface area contributed by atoms with E-state index in [4.69, 9.17) is 23.8 Å². The first-order valence-electron chi connectivity index (χ1n) is 9.77. The van der Waals surface area contributed by atoms with E-state index >= 15 is 0 Å². The number of rotatable bonds is 5. The minimum absolute atomic E-state index is 0.0902. The molecule has 2 atom stereocenters. The number of carbonyl (C=O) groups is 2. The van der Waals surface area contributed by atoms with E-state index in [0.717, 1.165) is 25.0 Å². The number of halogens is 3. The highest BCUT2D eigenvalue weighted by molar-refractivity contribution is 5.92. The molecule has 0 saturated carbocycles. The van der Waals surface area contributed by atoms with Crippen molar-refractivity contribution in [1.29, 1.82) is 0 Å². The normalized spacial score (nSPS) is 22.6. The van der Waals surface area contributed by atoms with E-state index in [9.17, 15) is 18.0 Å². The first kappa shape index (κ1) is 23.7. The summed E-state index contributed by atoms with van der Waals surface area (Å²) in [7, 11) is 0. The lowest BCUT2D eigenvalue weighted by Gasteiger charge is -2.43. The van der Waals surface area contributed by atoms with Crippen molar-refractivity contribution in [2.75, 3.05) is 26.3 Å². The van der Waals surface area contributed by atoms with E-state index in [1.807, 2.05) is 17.0 Å². The molecule has 1 N–H and O–H groups in total. The topological polar surface area (TPSA) is 115 Å². The highest BCUT2D eigenvalue weighted by atomic mass is 19.4. The molecule has 9 nitrogen and oxygen atoms in total. The second-order valence-electron chi connectivity index (χ2n) is 7.51. The third kappa shape index (κ3) is 5.82. The van der Waals surface area contributed by atoms with Gasteiger partial charge in [0, 0.05) is 37.5 Å². The highest BCUT2D eigenvalue weighted by Gasteiger charge is 2.49. The Labute approximate surface area is 181 Å². The Kier molecular flexibility index (Phi) is 7.46. The smallest absolute Gasteiger partial charge is 0.475 e. The Morgan fingerprint density at radius 3 is 2.66 bits per heavy atom. The number of fused-ring (bicyclic) bond motifs is 1. The van der Waals surface area contributed by atoms with E-state index in [2.05, 4.69) is 9.97 Å². The second kappa shape index (κ2) is 10.1. The summed E-state index contributed by atoms with van der Waals surface area (Å²) in [6.45, 7) is 3.12. The summed E-state index contributed by atoms with van der Waals surface area (Å²) < 4.78 is 48.6. The van der Waals surface area contributed by atoms with E-state index < -0.39 is 12.1 Å². The number of carboxylic acids is 1. The van der Waals surface area contributed by atoms with Crippen molar-refractivity contribution in [1.82, 2.24) is 14.9 Å². The Morgan fingerprint density at radius 2 is 2.03 bits per heavy atom. The number of likely N-dealkylation sites (tertiary alicyclic amines) is 1. The van der Waals surface area contributed by atoms with Crippen LogP contribution in [0.25, 0.3) is 0 Å². The maximum absolute atomic E-state index is 12.6. The van der Waals surface area contributed by atoms with Crippen molar-refractivity contribution >= 4 is 11.9 Å². The van der Waals surface area contributed by atoms with Crippen molar-refractivity contribution in [2.24, 2.45) is 5.41 Å². The maximum Gasteiger partial charge on any atom is 0.490 e. The molecule has 0 bridgehead atoms. The monoisotopic (exact) mass is 457 g/mol. The van der Waals surface area contributed by atoms with Crippen LogP contribution in [0.15, 0.2) is 41.6 Å². The number of pyridine rings is 1. The first-order valence-corrected chi connectivity index (χ1v) is 9.77. The molecule has 32 heavy (non-hydrogen) atoms. The van der Waals surface area contributed by atoms with Gasteiger partial charge in [-0.1, -0.05) is 0 Å². The number of amides is 1. The van der Waals surface area contributed by atoms with Gasteiger partial charge in [0.05, 0.1) is 19.3 Å². The second-order valence-corrected chi connectivity index (χ2v) is 7.51. The molecule has 174 valence electrons. The minimum Gasteiger partial charge on any atom is -0.475 e. The van der Waals surface area contributed by atoms with E-state index in [-0.39, 0.29) is 17.4 Å². The number of aromatic nitrogens is 2. The summed E-state index contributed by atoms with van der Waals surface area (Å²) in [6.07, 6.45) is 2.98. The number of piperidine rings is 1. The summed E-state index contributed by atoms with van der Waals surface area (Å²) in [6, 6.07) is 3.89. The Hall–Kier alpha value is -2.99. The van der Waals surface area contributed by atoms with E-state index in [1.54, 1.807) is 12.4 Å². The summed E-state index contributed by atoms with van der Waals surface area (Å²) >= 11 is 0. The van der Waals surface area contributed by atoms with Gasteiger partial charge in [0.1, 0.15) is 6.26 Å². The molecule has 0 radical (unpaired) electrons. The van der Waals surface area contributed by atoms with Crippen LogP contribution in [0, 0.1) is 5.41 Å². The van der Waals surface area contributed by atoms with Crippen LogP contribution in [0.2, 0.25) is 0 Å². The zero-order chi connectivity index (χ0) is 23.2. The van der Waals surface area contributed by atoms with Gasteiger partial charge in [-0.2, -0.15) is 13.2 Å². The lowest BCUT2D eigenvalue weighted by atomic mass is 9.77. The summed E-state index contributed by atoms with van der Waals surface area (Å²) in [5, 5.41) is 7.12. The van der Waals surface area contributed by atoms with Crippen LogP contribution in [0.1, 0.15) is 28.9 Å². The van der Waals surface area contributed by atoms with Gasteiger partial charge in [0.2, 0.25) is 0 Å². The van der Waals surface area contributed by atoms with Crippen LogP contribution >= 0.6 is 0 Å². The number of alkyl halides is 3. The van der Waals surface area contributed by atoms with Gasteiger partial charge in [0.25, 0.3) is 5.91 Å². The van der Waals surface area contributed by atoms with Gasteiger partial charge in [-0.15, -0.1) is 0 Å². The lowest BCUT2D eigenvalue weighted by Crippen LogP contribution is -2.53. The third-order valence-electron chi connectivity index (χ3n) is 5.36. The number of ether oxygens (including phenoxy) is 2. The van der Waals surface area contributed by atoms with Crippen LogP contribution in [-0.2, 0) is 20.9 Å².